The molecular formula is C13H29IN4O2S. The fraction of sp³-hybridized carbons (Fsp3) is 0.923. The van der Waals surface area contributed by atoms with Gasteiger partial charge in [-0.05, 0) is 32.1 Å². The second-order valence-electron chi connectivity index (χ2n) is 5.20. The van der Waals surface area contributed by atoms with E-state index in [4.69, 9.17) is 0 Å². The van der Waals surface area contributed by atoms with Gasteiger partial charge in [0, 0.05) is 32.7 Å². The van der Waals surface area contributed by atoms with Gasteiger partial charge >= 0.3 is 0 Å². The zero-order chi connectivity index (χ0) is 15.0. The number of nitrogens with one attached hydrogen (secondary N) is 2. The first-order chi connectivity index (χ1) is 9.47. The van der Waals surface area contributed by atoms with Gasteiger partial charge in [0.05, 0.1) is 6.26 Å². The molecule has 8 heteroatoms. The summed E-state index contributed by atoms with van der Waals surface area (Å²) in [5.74, 6) is 1.60. The summed E-state index contributed by atoms with van der Waals surface area (Å²) >= 11 is 0. The van der Waals surface area contributed by atoms with E-state index in [0.29, 0.717) is 13.1 Å². The Labute approximate surface area is 146 Å². The topological polar surface area (TPSA) is 73.8 Å². The second-order valence-corrected chi connectivity index (χ2v) is 7.18. The van der Waals surface area contributed by atoms with Crippen LogP contribution >= 0.6 is 24.0 Å². The van der Waals surface area contributed by atoms with Crippen LogP contribution in [-0.2, 0) is 10.0 Å². The Hall–Kier alpha value is -0.0900. The second kappa shape index (κ2) is 10.6. The molecule has 0 aromatic carbocycles. The van der Waals surface area contributed by atoms with Crippen molar-refractivity contribution in [3.8, 4) is 0 Å². The van der Waals surface area contributed by atoms with E-state index in [1.165, 1.54) is 23.4 Å². The highest BCUT2D eigenvalue weighted by atomic mass is 127. The molecule has 0 heterocycles. The quantitative estimate of drug-likeness (QED) is 0.249. The Morgan fingerprint density at radius 3 is 2.43 bits per heavy atom. The zero-order valence-electron chi connectivity index (χ0n) is 13.3. The summed E-state index contributed by atoms with van der Waals surface area (Å²) in [4.78, 5) is 4.52. The van der Waals surface area contributed by atoms with E-state index in [1.807, 2.05) is 13.8 Å². The molecule has 0 unspecified atom stereocenters. The first-order valence-electron chi connectivity index (χ1n) is 7.44. The number of halogens is 1. The van der Waals surface area contributed by atoms with Gasteiger partial charge in [0.25, 0.3) is 0 Å². The highest BCUT2D eigenvalue weighted by Gasteiger charge is 2.20. The summed E-state index contributed by atoms with van der Waals surface area (Å²) in [6, 6.07) is 0. The van der Waals surface area contributed by atoms with Gasteiger partial charge in [-0.15, -0.1) is 24.0 Å². The van der Waals surface area contributed by atoms with Crippen LogP contribution in [-0.4, -0.2) is 57.7 Å². The SMILES string of the molecule is CCNC(=NCC1CC1)NCCCN(CC)S(C)(=O)=O.I. The van der Waals surface area contributed by atoms with Crippen LogP contribution in [0.4, 0.5) is 0 Å². The third kappa shape index (κ3) is 9.51. The van der Waals surface area contributed by atoms with E-state index in [0.717, 1.165) is 37.9 Å². The number of guanidine groups is 1. The van der Waals surface area contributed by atoms with Crippen molar-refractivity contribution in [2.24, 2.45) is 10.9 Å². The molecule has 0 bridgehead atoms. The van der Waals surface area contributed by atoms with Gasteiger partial charge in [0.1, 0.15) is 0 Å². The number of hydrogen-bond acceptors (Lipinski definition) is 3. The first-order valence-corrected chi connectivity index (χ1v) is 9.29. The Morgan fingerprint density at radius 1 is 1.29 bits per heavy atom. The number of rotatable bonds is 9. The summed E-state index contributed by atoms with van der Waals surface area (Å²) < 4.78 is 24.4. The minimum absolute atomic E-state index is 0. The van der Waals surface area contributed by atoms with Crippen LogP contribution in [0.2, 0.25) is 0 Å². The Bertz CT molecular complexity index is 410. The summed E-state index contributed by atoms with van der Waals surface area (Å²) in [5.41, 5.74) is 0. The number of aliphatic imine (C=N–C) groups is 1. The lowest BCUT2D eigenvalue weighted by atomic mass is 10.4. The molecule has 1 rings (SSSR count). The maximum absolute atomic E-state index is 11.4. The third-order valence-corrected chi connectivity index (χ3v) is 4.63. The van der Waals surface area contributed by atoms with Crippen LogP contribution in [0.15, 0.2) is 4.99 Å². The van der Waals surface area contributed by atoms with Gasteiger partial charge in [0.2, 0.25) is 10.0 Å². The summed E-state index contributed by atoms with van der Waals surface area (Å²) in [5, 5.41) is 6.46. The van der Waals surface area contributed by atoms with Gasteiger partial charge in [-0.25, -0.2) is 12.7 Å². The third-order valence-electron chi connectivity index (χ3n) is 3.25. The molecule has 126 valence electrons. The molecule has 1 saturated carbocycles. The monoisotopic (exact) mass is 432 g/mol. The fourth-order valence-corrected chi connectivity index (χ4v) is 2.81. The highest BCUT2D eigenvalue weighted by Crippen LogP contribution is 2.28. The number of hydrogen-bond donors (Lipinski definition) is 2. The lowest BCUT2D eigenvalue weighted by Gasteiger charge is -2.18. The predicted octanol–water partition coefficient (Wildman–Crippen LogP) is 1.24. The van der Waals surface area contributed by atoms with Crippen LogP contribution in [0.3, 0.4) is 0 Å². The van der Waals surface area contributed by atoms with E-state index in [-0.39, 0.29) is 24.0 Å². The zero-order valence-corrected chi connectivity index (χ0v) is 16.4. The standard InChI is InChI=1S/C13H28N4O2S.HI/c1-4-14-13(16-11-12-7-8-12)15-9-6-10-17(5-2)20(3,18)19;/h12H,4-11H2,1-3H3,(H2,14,15,16);1H. The number of nitrogens with zero attached hydrogens (tertiary/aromatic N) is 2. The summed E-state index contributed by atoms with van der Waals surface area (Å²) in [7, 11) is -3.08. The lowest BCUT2D eigenvalue weighted by Crippen LogP contribution is -2.39. The molecule has 0 aromatic rings. The molecule has 0 radical (unpaired) electrons. The van der Waals surface area contributed by atoms with Crippen molar-refractivity contribution in [1.29, 1.82) is 0 Å². The molecule has 0 amide bonds. The van der Waals surface area contributed by atoms with E-state index in [9.17, 15) is 8.42 Å². The predicted molar refractivity (Wildman–Crippen MR) is 98.8 cm³/mol. The van der Waals surface area contributed by atoms with Gasteiger partial charge in [-0.2, -0.15) is 0 Å². The lowest BCUT2D eigenvalue weighted by molar-refractivity contribution is 0.424. The summed E-state index contributed by atoms with van der Waals surface area (Å²) in [6.45, 7) is 7.41. The molecule has 0 spiro atoms. The van der Waals surface area contributed by atoms with Crippen LogP contribution in [0, 0.1) is 5.92 Å². The van der Waals surface area contributed by atoms with Crippen LogP contribution < -0.4 is 10.6 Å². The molecule has 0 atom stereocenters. The van der Waals surface area contributed by atoms with Crippen molar-refractivity contribution < 1.29 is 8.42 Å². The van der Waals surface area contributed by atoms with Gasteiger partial charge < -0.3 is 10.6 Å². The molecular weight excluding hydrogens is 403 g/mol. The molecule has 1 aliphatic rings. The van der Waals surface area contributed by atoms with Crippen LogP contribution in [0.1, 0.15) is 33.1 Å². The average Bonchev–Trinajstić information content (AvgIpc) is 3.18. The summed E-state index contributed by atoms with van der Waals surface area (Å²) in [6.07, 6.45) is 4.62. The molecule has 1 aliphatic carbocycles. The van der Waals surface area contributed by atoms with Crippen LogP contribution in [0.25, 0.3) is 0 Å². The molecule has 21 heavy (non-hydrogen) atoms. The average molecular weight is 432 g/mol. The van der Waals surface area contributed by atoms with Crippen molar-refractivity contribution in [3.05, 3.63) is 0 Å². The fourth-order valence-electron chi connectivity index (χ4n) is 1.88. The van der Waals surface area contributed by atoms with E-state index < -0.39 is 10.0 Å². The van der Waals surface area contributed by atoms with E-state index >= 15 is 0 Å². The first kappa shape index (κ1) is 20.9. The maximum Gasteiger partial charge on any atom is 0.211 e. The van der Waals surface area contributed by atoms with Crippen molar-refractivity contribution in [1.82, 2.24) is 14.9 Å². The van der Waals surface area contributed by atoms with Crippen LogP contribution in [0.5, 0.6) is 0 Å². The molecule has 1 fully saturated rings. The molecule has 0 saturated heterocycles. The minimum Gasteiger partial charge on any atom is -0.357 e. The highest BCUT2D eigenvalue weighted by molar-refractivity contribution is 14.0. The normalized spacial score (nSPS) is 15.7. The van der Waals surface area contributed by atoms with Crippen molar-refractivity contribution >= 4 is 40.0 Å². The van der Waals surface area contributed by atoms with Crippen molar-refractivity contribution in [2.45, 2.75) is 33.1 Å². The van der Waals surface area contributed by atoms with E-state index in [2.05, 4.69) is 15.6 Å². The molecule has 6 nitrogen and oxygen atoms in total. The van der Waals surface area contributed by atoms with Crippen molar-refractivity contribution in [2.75, 3.05) is 39.0 Å². The molecule has 0 aromatic heterocycles. The molecule has 2 N–H and O–H groups in total. The maximum atomic E-state index is 11.4. The van der Waals surface area contributed by atoms with E-state index in [1.54, 1.807) is 0 Å². The minimum atomic E-state index is -3.08. The number of sulfonamides is 1. The van der Waals surface area contributed by atoms with Crippen molar-refractivity contribution in [3.63, 3.8) is 0 Å². The van der Waals surface area contributed by atoms with Gasteiger partial charge in [0.15, 0.2) is 5.96 Å². The van der Waals surface area contributed by atoms with Gasteiger partial charge in [-0.1, -0.05) is 6.92 Å². The largest absolute Gasteiger partial charge is 0.357 e. The van der Waals surface area contributed by atoms with Gasteiger partial charge in [-0.3, -0.25) is 4.99 Å². The molecule has 0 aliphatic heterocycles. The smallest absolute Gasteiger partial charge is 0.211 e. The Morgan fingerprint density at radius 2 is 1.95 bits per heavy atom. The Kier molecular flexibility index (Phi) is 10.6. The Balaban J connectivity index is 0.00000400.